The summed E-state index contributed by atoms with van der Waals surface area (Å²) in [7, 11) is 0. The summed E-state index contributed by atoms with van der Waals surface area (Å²) in [5.74, 6) is 1.56. The van der Waals surface area contributed by atoms with Crippen LogP contribution >= 0.6 is 0 Å². The Morgan fingerprint density at radius 2 is 2.13 bits per heavy atom. The highest BCUT2D eigenvalue weighted by Crippen LogP contribution is 2.34. The zero-order valence-corrected chi connectivity index (χ0v) is 13.7. The molecule has 3 fully saturated rings. The van der Waals surface area contributed by atoms with Crippen molar-refractivity contribution in [2.75, 3.05) is 13.1 Å². The molecule has 1 N–H and O–H groups in total. The zero-order chi connectivity index (χ0) is 15.6. The molecule has 23 heavy (non-hydrogen) atoms. The van der Waals surface area contributed by atoms with Crippen LogP contribution in [0.4, 0.5) is 0 Å². The van der Waals surface area contributed by atoms with Gasteiger partial charge in [-0.2, -0.15) is 5.10 Å². The Bertz CT molecular complexity index is 517. The second-order valence-corrected chi connectivity index (χ2v) is 7.52. The summed E-state index contributed by atoms with van der Waals surface area (Å²) < 4.78 is 1.89. The molecule has 6 heteroatoms. The van der Waals surface area contributed by atoms with Gasteiger partial charge in [0, 0.05) is 25.7 Å². The van der Waals surface area contributed by atoms with E-state index >= 15 is 0 Å². The number of rotatable bonds is 3. The van der Waals surface area contributed by atoms with Crippen molar-refractivity contribution >= 4 is 5.91 Å². The van der Waals surface area contributed by atoms with Crippen molar-refractivity contribution in [1.29, 1.82) is 0 Å². The van der Waals surface area contributed by atoms with Gasteiger partial charge >= 0.3 is 0 Å². The van der Waals surface area contributed by atoms with Crippen LogP contribution in [0.25, 0.3) is 0 Å². The van der Waals surface area contributed by atoms with Crippen molar-refractivity contribution in [3.63, 3.8) is 0 Å². The van der Waals surface area contributed by atoms with Gasteiger partial charge in [0.1, 0.15) is 12.7 Å². The van der Waals surface area contributed by atoms with Crippen LogP contribution in [-0.2, 0) is 11.3 Å². The maximum atomic E-state index is 12.9. The lowest BCUT2D eigenvalue weighted by Crippen LogP contribution is -2.49. The van der Waals surface area contributed by atoms with E-state index in [-0.39, 0.29) is 6.04 Å². The molecular formula is C17H27N5O. The highest BCUT2D eigenvalue weighted by Gasteiger charge is 2.40. The van der Waals surface area contributed by atoms with Gasteiger partial charge in [-0.3, -0.25) is 9.48 Å². The normalized spacial score (nSPS) is 34.3. The molecule has 2 aliphatic heterocycles. The third-order valence-electron chi connectivity index (χ3n) is 5.90. The first-order valence-corrected chi connectivity index (χ1v) is 9.17. The second kappa shape index (κ2) is 6.59. The Labute approximate surface area is 137 Å². The van der Waals surface area contributed by atoms with Gasteiger partial charge in [-0.1, -0.05) is 12.8 Å². The number of carbonyl (C=O) groups excluding carboxylic acids is 1. The van der Waals surface area contributed by atoms with Crippen LogP contribution < -0.4 is 5.32 Å². The predicted molar refractivity (Wildman–Crippen MR) is 86.6 cm³/mol. The van der Waals surface area contributed by atoms with E-state index in [1.54, 1.807) is 12.7 Å². The molecule has 0 spiro atoms. The molecule has 0 radical (unpaired) electrons. The van der Waals surface area contributed by atoms with Crippen molar-refractivity contribution < 1.29 is 4.79 Å². The Morgan fingerprint density at radius 3 is 2.96 bits per heavy atom. The number of nitrogens with one attached hydrogen (secondary N) is 1. The van der Waals surface area contributed by atoms with Crippen molar-refractivity contribution in [2.45, 2.75) is 63.6 Å². The summed E-state index contributed by atoms with van der Waals surface area (Å²) in [6.45, 7) is 2.65. The Kier molecular flexibility index (Phi) is 4.33. The fourth-order valence-corrected chi connectivity index (χ4v) is 4.74. The first-order chi connectivity index (χ1) is 11.3. The van der Waals surface area contributed by atoms with E-state index in [0.717, 1.165) is 38.4 Å². The molecule has 1 amide bonds. The van der Waals surface area contributed by atoms with Gasteiger partial charge in [0.2, 0.25) is 5.91 Å². The average molecular weight is 317 g/mol. The predicted octanol–water partition coefficient (Wildman–Crippen LogP) is 1.44. The lowest BCUT2D eigenvalue weighted by molar-refractivity contribution is -0.135. The molecule has 3 aliphatic rings. The number of nitrogens with zero attached hydrogens (tertiary/aromatic N) is 4. The molecular weight excluding hydrogens is 290 g/mol. The number of piperidine rings is 1. The van der Waals surface area contributed by atoms with E-state index in [2.05, 4.69) is 20.3 Å². The standard InChI is InChI=1S/C17H27N5O/c23-17(16-8-14-5-1-2-6-15(14)20-16)21-7-3-4-13(9-21)10-22-12-18-11-19-22/h11-16,20H,1-10H2/t13-,14-,15+,16-/m0/s1. The molecule has 6 nitrogen and oxygen atoms in total. The molecule has 1 aromatic rings. The maximum Gasteiger partial charge on any atom is 0.239 e. The number of hydrogen-bond donors (Lipinski definition) is 1. The van der Waals surface area contributed by atoms with Gasteiger partial charge < -0.3 is 10.2 Å². The average Bonchev–Trinajstić information content (AvgIpc) is 3.23. The van der Waals surface area contributed by atoms with Gasteiger partial charge in [-0.15, -0.1) is 0 Å². The van der Waals surface area contributed by atoms with Gasteiger partial charge in [0.25, 0.3) is 0 Å². The zero-order valence-electron chi connectivity index (χ0n) is 13.7. The Hall–Kier alpha value is -1.43. The lowest BCUT2D eigenvalue weighted by Gasteiger charge is -2.34. The third-order valence-corrected chi connectivity index (χ3v) is 5.90. The molecule has 4 rings (SSSR count). The van der Waals surface area contributed by atoms with Crippen LogP contribution in [0.1, 0.15) is 44.9 Å². The molecule has 1 saturated carbocycles. The van der Waals surface area contributed by atoms with Crippen LogP contribution in [0.2, 0.25) is 0 Å². The molecule has 1 aliphatic carbocycles. The van der Waals surface area contributed by atoms with E-state index in [9.17, 15) is 4.79 Å². The maximum absolute atomic E-state index is 12.9. The quantitative estimate of drug-likeness (QED) is 0.916. The van der Waals surface area contributed by atoms with Gasteiger partial charge in [-0.05, 0) is 43.9 Å². The largest absolute Gasteiger partial charge is 0.341 e. The molecule has 126 valence electrons. The summed E-state index contributed by atoms with van der Waals surface area (Å²) in [6, 6.07) is 0.654. The van der Waals surface area contributed by atoms with E-state index in [0.29, 0.717) is 17.9 Å². The number of aromatic nitrogens is 3. The minimum absolute atomic E-state index is 0.0632. The fraction of sp³-hybridized carbons (Fsp3) is 0.824. The van der Waals surface area contributed by atoms with Gasteiger partial charge in [0.15, 0.2) is 0 Å². The van der Waals surface area contributed by atoms with Crippen LogP contribution in [0, 0.1) is 11.8 Å². The first-order valence-electron chi connectivity index (χ1n) is 9.17. The number of amides is 1. The summed E-state index contributed by atoms with van der Waals surface area (Å²) in [6.07, 6.45) is 11.9. The topological polar surface area (TPSA) is 63.1 Å². The third kappa shape index (κ3) is 3.27. The van der Waals surface area contributed by atoms with Crippen LogP contribution in [0.15, 0.2) is 12.7 Å². The van der Waals surface area contributed by atoms with E-state index in [1.165, 1.54) is 32.1 Å². The van der Waals surface area contributed by atoms with Gasteiger partial charge in [-0.25, -0.2) is 4.98 Å². The minimum Gasteiger partial charge on any atom is -0.341 e. The SMILES string of the molecule is O=C([C@@H]1C[C@@H]2CCCC[C@H]2N1)N1CCC[C@H](Cn2cncn2)C1. The Morgan fingerprint density at radius 1 is 1.22 bits per heavy atom. The van der Waals surface area contributed by atoms with Crippen molar-refractivity contribution in [2.24, 2.45) is 11.8 Å². The van der Waals surface area contributed by atoms with E-state index in [1.807, 2.05) is 4.68 Å². The molecule has 4 atom stereocenters. The van der Waals surface area contributed by atoms with Crippen LogP contribution in [0.5, 0.6) is 0 Å². The number of hydrogen-bond acceptors (Lipinski definition) is 4. The summed E-state index contributed by atoms with van der Waals surface area (Å²) in [5.41, 5.74) is 0. The summed E-state index contributed by atoms with van der Waals surface area (Å²) in [5, 5.41) is 7.83. The van der Waals surface area contributed by atoms with Crippen molar-refractivity contribution in [3.8, 4) is 0 Å². The fourth-order valence-electron chi connectivity index (χ4n) is 4.74. The number of fused-ring (bicyclic) bond motifs is 1. The van der Waals surface area contributed by atoms with E-state index < -0.39 is 0 Å². The smallest absolute Gasteiger partial charge is 0.239 e. The van der Waals surface area contributed by atoms with Crippen molar-refractivity contribution in [1.82, 2.24) is 25.0 Å². The molecule has 3 heterocycles. The van der Waals surface area contributed by atoms with Crippen LogP contribution in [-0.4, -0.2) is 50.7 Å². The van der Waals surface area contributed by atoms with Gasteiger partial charge in [0.05, 0.1) is 6.04 Å². The lowest BCUT2D eigenvalue weighted by atomic mass is 9.85. The minimum atomic E-state index is 0.0632. The highest BCUT2D eigenvalue weighted by atomic mass is 16.2. The number of likely N-dealkylation sites (tertiary alicyclic amines) is 1. The molecule has 2 saturated heterocycles. The second-order valence-electron chi connectivity index (χ2n) is 7.52. The monoisotopic (exact) mass is 317 g/mol. The molecule has 0 bridgehead atoms. The van der Waals surface area contributed by atoms with E-state index in [4.69, 9.17) is 0 Å². The molecule has 0 aromatic carbocycles. The highest BCUT2D eigenvalue weighted by molar-refractivity contribution is 5.82. The summed E-state index contributed by atoms with van der Waals surface area (Å²) in [4.78, 5) is 19.0. The number of carbonyl (C=O) groups is 1. The van der Waals surface area contributed by atoms with Crippen LogP contribution in [0.3, 0.4) is 0 Å². The molecule has 0 unspecified atom stereocenters. The Balaban J connectivity index is 1.34. The van der Waals surface area contributed by atoms with Crippen molar-refractivity contribution in [3.05, 3.63) is 12.7 Å². The first kappa shape index (κ1) is 15.1. The molecule has 1 aromatic heterocycles. The summed E-state index contributed by atoms with van der Waals surface area (Å²) >= 11 is 0.